The minimum Gasteiger partial charge on any atom is -0.493 e. The van der Waals surface area contributed by atoms with Gasteiger partial charge in [0.1, 0.15) is 6.33 Å². The van der Waals surface area contributed by atoms with E-state index < -0.39 is 0 Å². The van der Waals surface area contributed by atoms with Crippen molar-refractivity contribution in [1.29, 1.82) is 0 Å². The molecule has 0 aliphatic heterocycles. The van der Waals surface area contributed by atoms with E-state index >= 15 is 0 Å². The molecule has 0 fully saturated rings. The largest absolute Gasteiger partial charge is 0.493 e. The highest BCUT2D eigenvalue weighted by Gasteiger charge is 2.17. The first-order chi connectivity index (χ1) is 11.7. The minimum atomic E-state index is 0.529. The van der Waals surface area contributed by atoms with Crippen molar-refractivity contribution in [2.45, 2.75) is 0 Å². The van der Waals surface area contributed by atoms with Gasteiger partial charge in [0.2, 0.25) is 5.75 Å². The lowest BCUT2D eigenvalue weighted by molar-refractivity contribution is 0.324. The summed E-state index contributed by atoms with van der Waals surface area (Å²) in [7, 11) is 4.71. The van der Waals surface area contributed by atoms with E-state index in [4.69, 9.17) is 25.8 Å². The Hall–Kier alpha value is -2.73. The zero-order valence-corrected chi connectivity index (χ0v) is 14.2. The van der Waals surface area contributed by atoms with E-state index in [0.717, 1.165) is 11.3 Å². The Morgan fingerprint density at radius 1 is 0.917 bits per heavy atom. The Labute approximate surface area is 144 Å². The van der Waals surface area contributed by atoms with Crippen molar-refractivity contribution in [3.63, 3.8) is 0 Å². The van der Waals surface area contributed by atoms with Crippen LogP contribution in [0.5, 0.6) is 17.2 Å². The second-order valence-electron chi connectivity index (χ2n) is 4.89. The van der Waals surface area contributed by atoms with Crippen molar-refractivity contribution < 1.29 is 14.2 Å². The second-order valence-corrected chi connectivity index (χ2v) is 5.32. The van der Waals surface area contributed by atoms with E-state index in [1.165, 1.54) is 6.33 Å². The Morgan fingerprint density at radius 2 is 1.54 bits per heavy atom. The molecule has 0 saturated carbocycles. The van der Waals surface area contributed by atoms with E-state index in [9.17, 15) is 0 Å². The molecule has 0 atom stereocenters. The van der Waals surface area contributed by atoms with Crippen molar-refractivity contribution >= 4 is 11.6 Å². The van der Waals surface area contributed by atoms with Gasteiger partial charge in [-0.05, 0) is 36.4 Å². The summed E-state index contributed by atoms with van der Waals surface area (Å²) in [6, 6.07) is 11.0. The molecule has 1 aromatic heterocycles. The topological polar surface area (TPSA) is 58.4 Å². The number of hydrogen-bond acceptors (Lipinski definition) is 5. The van der Waals surface area contributed by atoms with Crippen LogP contribution in [-0.2, 0) is 0 Å². The fraction of sp³-hybridized carbons (Fsp3) is 0.176. The molecule has 0 aliphatic carbocycles. The highest BCUT2D eigenvalue weighted by atomic mass is 35.5. The third-order valence-electron chi connectivity index (χ3n) is 3.54. The van der Waals surface area contributed by atoms with Crippen LogP contribution in [0.1, 0.15) is 0 Å². The molecule has 0 saturated heterocycles. The van der Waals surface area contributed by atoms with Crippen molar-refractivity contribution in [3.05, 3.63) is 47.7 Å². The molecule has 0 aliphatic rings. The molecule has 0 unspecified atom stereocenters. The molecule has 6 nitrogen and oxygen atoms in total. The number of nitrogens with zero attached hydrogens (tertiary/aromatic N) is 3. The maximum atomic E-state index is 5.95. The van der Waals surface area contributed by atoms with Crippen LogP contribution in [0.3, 0.4) is 0 Å². The van der Waals surface area contributed by atoms with Crippen LogP contribution >= 0.6 is 11.6 Å². The smallest absolute Gasteiger partial charge is 0.203 e. The average Bonchev–Trinajstić information content (AvgIpc) is 3.10. The monoisotopic (exact) mass is 345 g/mol. The highest BCUT2D eigenvalue weighted by molar-refractivity contribution is 6.30. The fourth-order valence-corrected chi connectivity index (χ4v) is 2.55. The van der Waals surface area contributed by atoms with Gasteiger partial charge in [-0.2, -0.15) is 5.10 Å². The van der Waals surface area contributed by atoms with Gasteiger partial charge in [0.05, 0.1) is 27.0 Å². The SMILES string of the molecule is COc1cc(-c2ncnn2-c2ccc(Cl)cc2)cc(OC)c1OC. The highest BCUT2D eigenvalue weighted by Crippen LogP contribution is 2.41. The summed E-state index contributed by atoms with van der Waals surface area (Å²) in [5.74, 6) is 2.29. The van der Waals surface area contributed by atoms with Crippen LogP contribution in [0.25, 0.3) is 17.1 Å². The lowest BCUT2D eigenvalue weighted by Crippen LogP contribution is -2.01. The third kappa shape index (κ3) is 2.88. The first-order valence-corrected chi connectivity index (χ1v) is 7.52. The molecule has 124 valence electrons. The number of aromatic nitrogens is 3. The zero-order valence-electron chi connectivity index (χ0n) is 13.5. The number of benzene rings is 2. The Morgan fingerprint density at radius 3 is 2.08 bits per heavy atom. The lowest BCUT2D eigenvalue weighted by atomic mass is 10.1. The number of halogens is 1. The molecule has 1 heterocycles. The van der Waals surface area contributed by atoms with Gasteiger partial charge in [-0.1, -0.05) is 11.6 Å². The minimum absolute atomic E-state index is 0.529. The molecular weight excluding hydrogens is 330 g/mol. The van der Waals surface area contributed by atoms with Crippen molar-refractivity contribution in [2.24, 2.45) is 0 Å². The van der Waals surface area contributed by atoms with Crippen LogP contribution in [0.2, 0.25) is 5.02 Å². The van der Waals surface area contributed by atoms with Gasteiger partial charge < -0.3 is 14.2 Å². The summed E-state index contributed by atoms with van der Waals surface area (Å²) in [4.78, 5) is 4.36. The second kappa shape index (κ2) is 6.80. The van der Waals surface area contributed by atoms with Crippen molar-refractivity contribution in [3.8, 4) is 34.3 Å². The standard InChI is InChI=1S/C17H16ClN3O3/c1-22-14-8-11(9-15(23-2)16(14)24-3)17-19-10-20-21(17)13-6-4-12(18)5-7-13/h4-10H,1-3H3. The summed E-state index contributed by atoms with van der Waals surface area (Å²) in [6.07, 6.45) is 1.49. The molecular formula is C17H16ClN3O3. The number of methoxy groups -OCH3 is 3. The normalized spacial score (nSPS) is 10.5. The Kier molecular flexibility index (Phi) is 4.57. The summed E-state index contributed by atoms with van der Waals surface area (Å²) in [6.45, 7) is 0. The van der Waals surface area contributed by atoms with Crippen molar-refractivity contribution in [2.75, 3.05) is 21.3 Å². The van der Waals surface area contributed by atoms with Gasteiger partial charge in [0.25, 0.3) is 0 Å². The predicted octanol–water partition coefficient (Wildman–Crippen LogP) is 3.61. The lowest BCUT2D eigenvalue weighted by Gasteiger charge is -2.14. The molecule has 0 spiro atoms. The molecule has 24 heavy (non-hydrogen) atoms. The van der Waals surface area contributed by atoms with Crippen LogP contribution < -0.4 is 14.2 Å². The van der Waals surface area contributed by atoms with Crippen LogP contribution in [0.15, 0.2) is 42.7 Å². The zero-order chi connectivity index (χ0) is 17.1. The molecule has 0 radical (unpaired) electrons. The summed E-state index contributed by atoms with van der Waals surface area (Å²) in [5, 5.41) is 4.96. The Bertz CT molecular complexity index is 822. The van der Waals surface area contributed by atoms with Gasteiger partial charge in [0, 0.05) is 10.6 Å². The summed E-state index contributed by atoms with van der Waals surface area (Å²) < 4.78 is 17.9. The number of ether oxygens (including phenoxy) is 3. The van der Waals surface area contributed by atoms with Gasteiger partial charge in [0.15, 0.2) is 17.3 Å². The van der Waals surface area contributed by atoms with Crippen molar-refractivity contribution in [1.82, 2.24) is 14.8 Å². The molecule has 3 rings (SSSR count). The van der Waals surface area contributed by atoms with Gasteiger partial charge in [-0.15, -0.1) is 0 Å². The van der Waals surface area contributed by atoms with Gasteiger partial charge in [-0.25, -0.2) is 9.67 Å². The van der Waals surface area contributed by atoms with Crippen LogP contribution in [-0.4, -0.2) is 36.1 Å². The molecule has 0 bridgehead atoms. The quantitative estimate of drug-likeness (QED) is 0.707. The fourth-order valence-electron chi connectivity index (χ4n) is 2.42. The predicted molar refractivity (Wildman–Crippen MR) is 91.5 cm³/mol. The third-order valence-corrected chi connectivity index (χ3v) is 3.79. The molecule has 0 amide bonds. The molecule has 0 N–H and O–H groups in total. The van der Waals surface area contributed by atoms with E-state index in [-0.39, 0.29) is 0 Å². The van der Waals surface area contributed by atoms with Gasteiger partial charge in [-0.3, -0.25) is 0 Å². The Balaban J connectivity index is 2.14. The average molecular weight is 346 g/mol. The van der Waals surface area contributed by atoms with E-state index in [0.29, 0.717) is 28.1 Å². The van der Waals surface area contributed by atoms with E-state index in [1.807, 2.05) is 24.3 Å². The molecule has 3 aromatic rings. The maximum Gasteiger partial charge on any atom is 0.203 e. The maximum absolute atomic E-state index is 5.95. The first kappa shape index (κ1) is 16.1. The molecule has 2 aromatic carbocycles. The van der Waals surface area contributed by atoms with E-state index in [2.05, 4.69) is 10.1 Å². The number of hydrogen-bond donors (Lipinski definition) is 0. The van der Waals surface area contributed by atoms with Crippen LogP contribution in [0, 0.1) is 0 Å². The van der Waals surface area contributed by atoms with E-state index in [1.54, 1.807) is 38.1 Å². The summed E-state index contributed by atoms with van der Waals surface area (Å²) >= 11 is 5.95. The van der Waals surface area contributed by atoms with Crippen LogP contribution in [0.4, 0.5) is 0 Å². The van der Waals surface area contributed by atoms with Gasteiger partial charge >= 0.3 is 0 Å². The number of rotatable bonds is 5. The first-order valence-electron chi connectivity index (χ1n) is 7.14. The molecule has 7 heteroatoms. The summed E-state index contributed by atoms with van der Waals surface area (Å²) in [5.41, 5.74) is 1.64.